The molecule has 0 saturated heterocycles. The van der Waals surface area contributed by atoms with Crippen LogP contribution in [0.5, 0.6) is 11.5 Å². The van der Waals surface area contributed by atoms with Crippen molar-refractivity contribution in [3.63, 3.8) is 0 Å². The van der Waals surface area contributed by atoms with Gasteiger partial charge in [-0.05, 0) is 87.1 Å². The summed E-state index contributed by atoms with van der Waals surface area (Å²) in [5.41, 5.74) is 3.37. The zero-order valence-corrected chi connectivity index (χ0v) is 32.6. The molecule has 5 rings (SSSR count). The normalized spacial score (nSPS) is 24.4. The topological polar surface area (TPSA) is 148 Å². The summed E-state index contributed by atoms with van der Waals surface area (Å²) in [6.45, 7) is 11.3. The molecular formula is C43H59N3O9. The Labute approximate surface area is 325 Å². The average Bonchev–Trinajstić information content (AvgIpc) is 3.19. The summed E-state index contributed by atoms with van der Waals surface area (Å²) in [5.74, 6) is -1.08. The zero-order chi connectivity index (χ0) is 39.2. The fourth-order valence-electron chi connectivity index (χ4n) is 8.56. The van der Waals surface area contributed by atoms with E-state index in [2.05, 4.69) is 18.0 Å². The molecule has 1 aliphatic heterocycles. The van der Waals surface area contributed by atoms with Gasteiger partial charge in [0, 0.05) is 44.2 Å². The van der Waals surface area contributed by atoms with Crippen molar-refractivity contribution in [3.05, 3.63) is 84.0 Å². The van der Waals surface area contributed by atoms with Gasteiger partial charge in [-0.1, -0.05) is 67.4 Å². The molecule has 6 atom stereocenters. The molecule has 1 saturated carbocycles. The summed E-state index contributed by atoms with van der Waals surface area (Å²) in [4.78, 5) is 34.5. The number of hydrogen-bond acceptors (Lipinski definition) is 10. The van der Waals surface area contributed by atoms with Gasteiger partial charge in [0.15, 0.2) is 0 Å². The SMILES string of the molecule is C=CCOC12Oc3ccc(OC(=O)NCC)cc3C3C(CCCCO)C(CCCCO)C=C(C(=NOCC)CC1N(CCC)C(=O)OCc1ccccc1)C32. The largest absolute Gasteiger partial charge is 0.459 e. The van der Waals surface area contributed by atoms with Gasteiger partial charge >= 0.3 is 12.2 Å². The highest BCUT2D eigenvalue weighted by Gasteiger charge is 2.65. The van der Waals surface area contributed by atoms with Gasteiger partial charge < -0.3 is 39.3 Å². The Morgan fingerprint density at radius 2 is 1.82 bits per heavy atom. The molecule has 3 aliphatic rings. The second-order valence-electron chi connectivity index (χ2n) is 14.3. The van der Waals surface area contributed by atoms with E-state index in [9.17, 15) is 19.8 Å². The van der Waals surface area contributed by atoms with Crippen molar-refractivity contribution in [2.75, 3.05) is 39.5 Å². The predicted molar refractivity (Wildman–Crippen MR) is 210 cm³/mol. The summed E-state index contributed by atoms with van der Waals surface area (Å²) in [6.07, 6.45) is 8.39. The van der Waals surface area contributed by atoms with Crippen molar-refractivity contribution in [2.24, 2.45) is 22.9 Å². The van der Waals surface area contributed by atoms with Gasteiger partial charge in [-0.2, -0.15) is 0 Å². The Balaban J connectivity index is 1.73. The van der Waals surface area contributed by atoms with E-state index in [1.165, 1.54) is 0 Å². The van der Waals surface area contributed by atoms with Gasteiger partial charge in [0.2, 0.25) is 5.79 Å². The lowest BCUT2D eigenvalue weighted by Gasteiger charge is -2.59. The van der Waals surface area contributed by atoms with E-state index in [1.807, 2.05) is 63.2 Å². The molecule has 55 heavy (non-hydrogen) atoms. The van der Waals surface area contributed by atoms with Crippen LogP contribution >= 0.6 is 0 Å². The van der Waals surface area contributed by atoms with E-state index in [4.69, 9.17) is 28.9 Å². The summed E-state index contributed by atoms with van der Waals surface area (Å²) in [5, 5.41) is 27.0. The Morgan fingerprint density at radius 1 is 1.05 bits per heavy atom. The van der Waals surface area contributed by atoms with E-state index in [-0.39, 0.29) is 50.6 Å². The summed E-state index contributed by atoms with van der Waals surface area (Å²) >= 11 is 0. The van der Waals surface area contributed by atoms with Crippen LogP contribution in [0.25, 0.3) is 0 Å². The number of ether oxygens (including phenoxy) is 4. The van der Waals surface area contributed by atoms with Crippen LogP contribution in [0.2, 0.25) is 0 Å². The molecule has 0 radical (unpaired) electrons. The second kappa shape index (κ2) is 20.5. The van der Waals surface area contributed by atoms with Crippen molar-refractivity contribution in [3.8, 4) is 11.5 Å². The number of amides is 2. The maximum absolute atomic E-state index is 14.3. The maximum Gasteiger partial charge on any atom is 0.412 e. The first-order valence-electron chi connectivity index (χ1n) is 20.0. The fraction of sp³-hybridized carbons (Fsp3) is 0.558. The molecule has 1 heterocycles. The van der Waals surface area contributed by atoms with Crippen LogP contribution in [0, 0.1) is 17.8 Å². The summed E-state index contributed by atoms with van der Waals surface area (Å²) in [7, 11) is 0. The number of aliphatic hydroxyl groups is 2. The standard InChI is InChI=1S/C43H59N3O9/c1-5-22-46(42(50)51-29-30-16-10-9-11-17-30)38-28-36(45-53-8-4)34-26-31(18-12-14-23-47)33(19-13-15-24-48)39-35-27-32(54-41(49)44-7-3)20-21-37(35)55-43(38,40(34)39)52-25-6-2/h6,9-11,16-17,20-21,26-27,31,33,38-40,47-48H,2,5,7-8,12-15,18-19,22-25,28-29H2,1,3-4H3,(H,44,49). The molecule has 1 fully saturated rings. The highest BCUT2D eigenvalue weighted by Crippen LogP contribution is 2.62. The summed E-state index contributed by atoms with van der Waals surface area (Å²) < 4.78 is 25.9. The molecule has 12 nitrogen and oxygen atoms in total. The van der Waals surface area contributed by atoms with Crippen LogP contribution in [0.4, 0.5) is 9.59 Å². The Bertz CT molecular complexity index is 1630. The Hall–Kier alpha value is -4.39. The van der Waals surface area contributed by atoms with Gasteiger partial charge in [0.1, 0.15) is 30.8 Å². The molecule has 300 valence electrons. The minimum Gasteiger partial charge on any atom is -0.459 e. The number of allylic oxidation sites excluding steroid dienone is 1. The first kappa shape index (κ1) is 41.8. The number of oxime groups is 1. The molecule has 2 amide bonds. The predicted octanol–water partition coefficient (Wildman–Crippen LogP) is 7.50. The lowest BCUT2D eigenvalue weighted by Crippen LogP contribution is -2.70. The number of nitrogens with one attached hydrogen (secondary N) is 1. The molecule has 12 heteroatoms. The highest BCUT2D eigenvalue weighted by molar-refractivity contribution is 6.03. The van der Waals surface area contributed by atoms with Gasteiger partial charge in [0.05, 0.1) is 18.2 Å². The number of unbranched alkanes of at least 4 members (excludes halogenated alkanes) is 2. The Kier molecular flexibility index (Phi) is 15.6. The third kappa shape index (κ3) is 9.71. The van der Waals surface area contributed by atoms with Gasteiger partial charge in [-0.25, -0.2) is 9.59 Å². The highest BCUT2D eigenvalue weighted by atomic mass is 16.7. The minimum atomic E-state index is -1.41. The van der Waals surface area contributed by atoms with Crippen LogP contribution in [-0.2, 0) is 20.9 Å². The van der Waals surface area contributed by atoms with E-state index in [1.54, 1.807) is 17.0 Å². The van der Waals surface area contributed by atoms with E-state index < -0.39 is 29.9 Å². The maximum atomic E-state index is 14.3. The van der Waals surface area contributed by atoms with Crippen LogP contribution in [-0.4, -0.2) is 84.4 Å². The number of rotatable bonds is 20. The van der Waals surface area contributed by atoms with Crippen molar-refractivity contribution >= 4 is 17.9 Å². The number of carbonyl (C=O) groups excluding carboxylic acids is 2. The number of hydrogen-bond donors (Lipinski definition) is 3. The Morgan fingerprint density at radius 3 is 2.51 bits per heavy atom. The number of fused-ring (bicyclic) bond motifs is 2. The van der Waals surface area contributed by atoms with Crippen molar-refractivity contribution in [2.45, 2.75) is 96.5 Å². The zero-order valence-electron chi connectivity index (χ0n) is 32.6. The lowest BCUT2D eigenvalue weighted by molar-refractivity contribution is -0.255. The third-order valence-electron chi connectivity index (χ3n) is 10.8. The quantitative estimate of drug-likeness (QED) is 0.0709. The second-order valence-corrected chi connectivity index (χ2v) is 14.3. The molecule has 3 N–H and O–H groups in total. The van der Waals surface area contributed by atoms with E-state index in [0.29, 0.717) is 56.2 Å². The number of carbonyl (C=O) groups is 2. The number of benzene rings is 2. The van der Waals surface area contributed by atoms with Crippen molar-refractivity contribution in [1.29, 1.82) is 0 Å². The van der Waals surface area contributed by atoms with E-state index in [0.717, 1.165) is 42.4 Å². The smallest absolute Gasteiger partial charge is 0.412 e. The number of nitrogens with zero attached hydrogens (tertiary/aromatic N) is 2. The molecule has 0 aromatic heterocycles. The number of aliphatic hydroxyl groups excluding tert-OH is 2. The molecule has 6 unspecified atom stereocenters. The molecule has 2 aromatic carbocycles. The van der Waals surface area contributed by atoms with Crippen LogP contribution < -0.4 is 14.8 Å². The third-order valence-corrected chi connectivity index (χ3v) is 10.8. The van der Waals surface area contributed by atoms with Crippen LogP contribution in [0.15, 0.2) is 78.0 Å². The van der Waals surface area contributed by atoms with Gasteiger partial charge in [-0.3, -0.25) is 4.90 Å². The average molecular weight is 762 g/mol. The first-order valence-corrected chi connectivity index (χ1v) is 20.0. The minimum absolute atomic E-state index is 0.0322. The molecule has 0 spiro atoms. The van der Waals surface area contributed by atoms with Crippen LogP contribution in [0.1, 0.15) is 89.2 Å². The van der Waals surface area contributed by atoms with Crippen LogP contribution in [0.3, 0.4) is 0 Å². The van der Waals surface area contributed by atoms with Crippen molar-refractivity contribution in [1.82, 2.24) is 10.2 Å². The van der Waals surface area contributed by atoms with Gasteiger partial charge in [0.25, 0.3) is 0 Å². The van der Waals surface area contributed by atoms with Crippen molar-refractivity contribution < 1.29 is 43.6 Å². The summed E-state index contributed by atoms with van der Waals surface area (Å²) in [6, 6.07) is 14.3. The molecule has 0 bridgehead atoms. The molecule has 2 aliphatic carbocycles. The fourth-order valence-corrected chi connectivity index (χ4v) is 8.56. The van der Waals surface area contributed by atoms with E-state index >= 15 is 0 Å². The van der Waals surface area contributed by atoms with Gasteiger partial charge in [-0.15, -0.1) is 6.58 Å². The first-order chi connectivity index (χ1) is 26.8. The molecular weight excluding hydrogens is 702 g/mol. The lowest BCUT2D eigenvalue weighted by atomic mass is 9.55. The molecule has 2 aromatic rings. The monoisotopic (exact) mass is 761 g/mol.